The van der Waals surface area contributed by atoms with Crippen LogP contribution in [0, 0.1) is 0 Å². The minimum atomic E-state index is -0.280. The molecule has 0 atom stereocenters. The molecule has 0 radical (unpaired) electrons. The number of hydrogen-bond donors (Lipinski definition) is 2. The van der Waals surface area contributed by atoms with Crippen LogP contribution in [0.3, 0.4) is 0 Å². The van der Waals surface area contributed by atoms with Crippen LogP contribution in [0.2, 0.25) is 0 Å². The first kappa shape index (κ1) is 19.4. The Labute approximate surface area is 169 Å². The van der Waals surface area contributed by atoms with E-state index in [-0.39, 0.29) is 11.0 Å². The maximum Gasteiger partial charge on any atom is 0.257 e. The molecule has 0 aliphatic rings. The fraction of sp³-hybridized carbons (Fsp3) is 0.0909. The Morgan fingerprint density at radius 1 is 0.821 bits per heavy atom. The Balaban J connectivity index is 1.63. The van der Waals surface area contributed by atoms with Crippen LogP contribution >= 0.6 is 12.2 Å². The van der Waals surface area contributed by atoms with Gasteiger partial charge in [-0.2, -0.15) is 0 Å². The van der Waals surface area contributed by atoms with E-state index in [4.69, 9.17) is 21.7 Å². The molecule has 5 nitrogen and oxygen atoms in total. The standard InChI is InChI=1S/C22H20N2O3S/c1-26-19-13-12-18(14-20(19)27-2)23-22(28)24-21(25)17-10-8-16(9-11-17)15-6-4-3-5-7-15/h3-14H,1-2H3,(H2,23,24,25,28). The maximum absolute atomic E-state index is 12.4. The van der Waals surface area contributed by atoms with Crippen LogP contribution in [-0.4, -0.2) is 25.2 Å². The molecule has 6 heteroatoms. The average molecular weight is 392 g/mol. The van der Waals surface area contributed by atoms with Gasteiger partial charge in [0.2, 0.25) is 0 Å². The minimum absolute atomic E-state index is 0.198. The third-order valence-electron chi connectivity index (χ3n) is 4.12. The van der Waals surface area contributed by atoms with E-state index in [2.05, 4.69) is 10.6 Å². The summed E-state index contributed by atoms with van der Waals surface area (Å²) in [5.41, 5.74) is 3.35. The lowest BCUT2D eigenvalue weighted by atomic mass is 10.0. The van der Waals surface area contributed by atoms with E-state index in [1.54, 1.807) is 44.6 Å². The lowest BCUT2D eigenvalue weighted by molar-refractivity contribution is 0.0978. The van der Waals surface area contributed by atoms with Crippen molar-refractivity contribution in [2.75, 3.05) is 19.5 Å². The molecule has 0 fully saturated rings. The molecule has 1 amide bonds. The highest BCUT2D eigenvalue weighted by Crippen LogP contribution is 2.29. The molecular formula is C22H20N2O3S. The molecule has 0 bridgehead atoms. The van der Waals surface area contributed by atoms with Gasteiger partial charge < -0.3 is 14.8 Å². The number of anilines is 1. The molecule has 3 aromatic carbocycles. The number of carbonyl (C=O) groups is 1. The summed E-state index contributed by atoms with van der Waals surface area (Å²) in [6.07, 6.45) is 0. The number of hydrogen-bond acceptors (Lipinski definition) is 4. The Morgan fingerprint density at radius 2 is 1.46 bits per heavy atom. The molecule has 0 spiro atoms. The summed E-state index contributed by atoms with van der Waals surface area (Å²) in [6.45, 7) is 0. The van der Waals surface area contributed by atoms with Gasteiger partial charge in [0, 0.05) is 17.3 Å². The first-order valence-corrected chi connectivity index (χ1v) is 9.01. The Kier molecular flexibility index (Phi) is 6.24. The van der Waals surface area contributed by atoms with E-state index >= 15 is 0 Å². The fourth-order valence-corrected chi connectivity index (χ4v) is 2.91. The van der Waals surface area contributed by atoms with Gasteiger partial charge in [0.25, 0.3) is 5.91 Å². The van der Waals surface area contributed by atoms with E-state index in [0.29, 0.717) is 22.7 Å². The van der Waals surface area contributed by atoms with Crippen molar-refractivity contribution in [3.05, 3.63) is 78.4 Å². The summed E-state index contributed by atoms with van der Waals surface area (Å²) in [5.74, 6) is 0.900. The molecule has 2 N–H and O–H groups in total. The zero-order valence-corrected chi connectivity index (χ0v) is 16.4. The van der Waals surface area contributed by atoms with Crippen molar-refractivity contribution in [2.24, 2.45) is 0 Å². The van der Waals surface area contributed by atoms with Crippen LogP contribution in [0.1, 0.15) is 10.4 Å². The second kappa shape index (κ2) is 9.01. The van der Waals surface area contributed by atoms with E-state index < -0.39 is 0 Å². The van der Waals surface area contributed by atoms with Crippen molar-refractivity contribution >= 4 is 28.9 Å². The maximum atomic E-state index is 12.4. The van der Waals surface area contributed by atoms with Crippen LogP contribution in [0.5, 0.6) is 11.5 Å². The summed E-state index contributed by atoms with van der Waals surface area (Å²) >= 11 is 5.24. The third-order valence-corrected chi connectivity index (χ3v) is 4.33. The molecule has 0 aliphatic heterocycles. The number of ether oxygens (including phenoxy) is 2. The number of thiocarbonyl (C=S) groups is 1. The summed E-state index contributed by atoms with van der Waals surface area (Å²) in [6, 6.07) is 22.6. The van der Waals surface area contributed by atoms with Crippen LogP contribution < -0.4 is 20.1 Å². The topological polar surface area (TPSA) is 59.6 Å². The highest BCUT2D eigenvalue weighted by atomic mass is 32.1. The highest BCUT2D eigenvalue weighted by molar-refractivity contribution is 7.80. The van der Waals surface area contributed by atoms with Gasteiger partial charge in [0.1, 0.15) is 0 Å². The van der Waals surface area contributed by atoms with E-state index in [1.165, 1.54) is 0 Å². The van der Waals surface area contributed by atoms with Crippen LogP contribution in [0.25, 0.3) is 11.1 Å². The summed E-state index contributed by atoms with van der Waals surface area (Å²) in [7, 11) is 3.12. The van der Waals surface area contributed by atoms with E-state index in [0.717, 1.165) is 11.1 Å². The predicted molar refractivity (Wildman–Crippen MR) is 115 cm³/mol. The van der Waals surface area contributed by atoms with Crippen molar-refractivity contribution in [3.8, 4) is 22.6 Å². The van der Waals surface area contributed by atoms with Gasteiger partial charge in [-0.1, -0.05) is 42.5 Å². The first-order chi connectivity index (χ1) is 13.6. The Hall–Kier alpha value is -3.38. The number of benzene rings is 3. The van der Waals surface area contributed by atoms with Crippen LogP contribution in [0.15, 0.2) is 72.8 Å². The van der Waals surface area contributed by atoms with Gasteiger partial charge in [-0.15, -0.1) is 0 Å². The summed E-state index contributed by atoms with van der Waals surface area (Å²) in [4.78, 5) is 12.4. The summed E-state index contributed by atoms with van der Waals surface area (Å²) < 4.78 is 10.5. The lowest BCUT2D eigenvalue weighted by Gasteiger charge is -2.12. The van der Waals surface area contributed by atoms with Crippen molar-refractivity contribution in [1.29, 1.82) is 0 Å². The lowest BCUT2D eigenvalue weighted by Crippen LogP contribution is -2.34. The predicted octanol–water partition coefficient (Wildman–Crippen LogP) is 4.50. The van der Waals surface area contributed by atoms with Crippen molar-refractivity contribution in [1.82, 2.24) is 5.32 Å². The number of rotatable bonds is 5. The highest BCUT2D eigenvalue weighted by Gasteiger charge is 2.10. The van der Waals surface area contributed by atoms with Crippen LogP contribution in [0.4, 0.5) is 5.69 Å². The van der Waals surface area contributed by atoms with Gasteiger partial charge in [-0.05, 0) is 47.6 Å². The number of amides is 1. The Bertz CT molecular complexity index is 973. The number of carbonyl (C=O) groups excluding carboxylic acids is 1. The number of methoxy groups -OCH3 is 2. The minimum Gasteiger partial charge on any atom is -0.493 e. The van der Waals surface area contributed by atoms with E-state index in [1.807, 2.05) is 42.5 Å². The molecule has 28 heavy (non-hydrogen) atoms. The monoisotopic (exact) mass is 392 g/mol. The van der Waals surface area contributed by atoms with Gasteiger partial charge >= 0.3 is 0 Å². The van der Waals surface area contributed by atoms with Crippen LogP contribution in [-0.2, 0) is 0 Å². The fourth-order valence-electron chi connectivity index (χ4n) is 2.70. The molecule has 0 unspecified atom stereocenters. The quantitative estimate of drug-likeness (QED) is 0.626. The average Bonchev–Trinajstić information content (AvgIpc) is 2.74. The molecule has 3 rings (SSSR count). The zero-order valence-electron chi connectivity index (χ0n) is 15.6. The molecule has 3 aromatic rings. The van der Waals surface area contributed by atoms with Crippen molar-refractivity contribution < 1.29 is 14.3 Å². The van der Waals surface area contributed by atoms with Gasteiger partial charge in [-0.25, -0.2) is 0 Å². The van der Waals surface area contributed by atoms with Gasteiger partial charge in [0.15, 0.2) is 16.6 Å². The second-order valence-corrected chi connectivity index (χ2v) is 6.33. The number of nitrogens with one attached hydrogen (secondary N) is 2. The van der Waals surface area contributed by atoms with Crippen molar-refractivity contribution in [3.63, 3.8) is 0 Å². The van der Waals surface area contributed by atoms with E-state index in [9.17, 15) is 4.79 Å². The van der Waals surface area contributed by atoms with Crippen molar-refractivity contribution in [2.45, 2.75) is 0 Å². The largest absolute Gasteiger partial charge is 0.493 e. The molecule has 0 aliphatic carbocycles. The molecule has 142 valence electrons. The molecule has 0 aromatic heterocycles. The Morgan fingerprint density at radius 3 is 2.11 bits per heavy atom. The smallest absolute Gasteiger partial charge is 0.257 e. The molecule has 0 heterocycles. The SMILES string of the molecule is COc1ccc(NC(=S)NC(=O)c2ccc(-c3ccccc3)cc2)cc1OC. The normalized spacial score (nSPS) is 10.1. The molecule has 0 saturated heterocycles. The molecule has 0 saturated carbocycles. The zero-order chi connectivity index (χ0) is 19.9. The summed E-state index contributed by atoms with van der Waals surface area (Å²) in [5, 5.41) is 5.85. The first-order valence-electron chi connectivity index (χ1n) is 8.60. The van der Waals surface area contributed by atoms with Gasteiger partial charge in [-0.3, -0.25) is 10.1 Å². The van der Waals surface area contributed by atoms with Gasteiger partial charge in [0.05, 0.1) is 14.2 Å². The second-order valence-electron chi connectivity index (χ2n) is 5.92. The molecular weight excluding hydrogens is 372 g/mol. The third kappa shape index (κ3) is 4.66.